The van der Waals surface area contributed by atoms with Gasteiger partial charge in [-0.25, -0.2) is 4.39 Å². The van der Waals surface area contributed by atoms with Gasteiger partial charge in [0.1, 0.15) is 23.2 Å². The van der Waals surface area contributed by atoms with E-state index < -0.39 is 5.82 Å². The number of hydrogen-bond donors (Lipinski definition) is 2. The van der Waals surface area contributed by atoms with E-state index in [-0.39, 0.29) is 18.1 Å². The molecule has 7 heteroatoms. The number of amides is 1. The number of ether oxygens (including phenoxy) is 1. The normalized spacial score (nSPS) is 9.88. The largest absolute Gasteiger partial charge is 0.482 e. The third-order valence-electron chi connectivity index (χ3n) is 3.08. The van der Waals surface area contributed by atoms with Crippen molar-refractivity contribution in [2.24, 2.45) is 0 Å². The van der Waals surface area contributed by atoms with Crippen molar-refractivity contribution in [2.45, 2.75) is 0 Å². The molecule has 1 amide bonds. The molecule has 24 heavy (non-hydrogen) atoms. The van der Waals surface area contributed by atoms with Crippen molar-refractivity contribution in [3.63, 3.8) is 0 Å². The number of rotatable bonds is 7. The van der Waals surface area contributed by atoms with Crippen LogP contribution in [0.2, 0.25) is 5.02 Å². The molecule has 0 atom stereocenters. The number of carbonyl (C=O) groups is 1. The predicted molar refractivity (Wildman–Crippen MR) is 89.6 cm³/mol. The molecule has 0 aliphatic carbocycles. The van der Waals surface area contributed by atoms with Crippen LogP contribution in [0, 0.1) is 17.1 Å². The van der Waals surface area contributed by atoms with Gasteiger partial charge in [-0.05, 0) is 24.3 Å². The molecule has 124 valence electrons. The van der Waals surface area contributed by atoms with Crippen molar-refractivity contribution < 1.29 is 13.9 Å². The third kappa shape index (κ3) is 4.86. The monoisotopic (exact) mass is 347 g/mol. The molecule has 0 aliphatic rings. The molecule has 0 heterocycles. The zero-order valence-electron chi connectivity index (χ0n) is 12.7. The molecular weight excluding hydrogens is 333 g/mol. The van der Waals surface area contributed by atoms with E-state index in [4.69, 9.17) is 21.6 Å². The molecule has 2 rings (SSSR count). The van der Waals surface area contributed by atoms with E-state index in [1.54, 1.807) is 36.4 Å². The first-order valence-corrected chi connectivity index (χ1v) is 7.56. The van der Waals surface area contributed by atoms with Gasteiger partial charge in [0, 0.05) is 13.1 Å². The fraction of sp³-hybridized carbons (Fsp3) is 0.176. The third-order valence-corrected chi connectivity index (χ3v) is 3.40. The minimum Gasteiger partial charge on any atom is -0.482 e. The van der Waals surface area contributed by atoms with Crippen LogP contribution in [0.3, 0.4) is 0 Å². The molecule has 2 aromatic rings. The maximum absolute atomic E-state index is 13.4. The molecule has 0 aromatic heterocycles. The van der Waals surface area contributed by atoms with Crippen molar-refractivity contribution in [2.75, 3.05) is 25.0 Å². The first-order valence-electron chi connectivity index (χ1n) is 7.18. The summed E-state index contributed by atoms with van der Waals surface area (Å²) in [7, 11) is 0. The van der Waals surface area contributed by atoms with Gasteiger partial charge in [-0.1, -0.05) is 29.8 Å². The van der Waals surface area contributed by atoms with E-state index in [0.29, 0.717) is 29.5 Å². The number of benzene rings is 2. The molecule has 0 aliphatic heterocycles. The number of carbonyl (C=O) groups excluding carboxylic acids is 1. The lowest BCUT2D eigenvalue weighted by Crippen LogP contribution is -2.32. The second-order valence-corrected chi connectivity index (χ2v) is 5.18. The average molecular weight is 348 g/mol. The van der Waals surface area contributed by atoms with Gasteiger partial charge in [-0.3, -0.25) is 4.79 Å². The maximum Gasteiger partial charge on any atom is 0.258 e. The quantitative estimate of drug-likeness (QED) is 0.755. The van der Waals surface area contributed by atoms with Gasteiger partial charge >= 0.3 is 0 Å². The summed E-state index contributed by atoms with van der Waals surface area (Å²) in [6.07, 6.45) is 0. The Morgan fingerprint density at radius 2 is 2.00 bits per heavy atom. The summed E-state index contributed by atoms with van der Waals surface area (Å²) in [4.78, 5) is 11.7. The Labute approximate surface area is 144 Å². The summed E-state index contributed by atoms with van der Waals surface area (Å²) in [6, 6.07) is 13.0. The highest BCUT2D eigenvalue weighted by atomic mass is 35.5. The van der Waals surface area contributed by atoms with Crippen LogP contribution in [0.15, 0.2) is 42.5 Å². The van der Waals surface area contributed by atoms with Crippen LogP contribution in [0.5, 0.6) is 5.75 Å². The number of nitrogens with one attached hydrogen (secondary N) is 2. The fourth-order valence-electron chi connectivity index (χ4n) is 1.94. The Morgan fingerprint density at radius 3 is 2.75 bits per heavy atom. The molecule has 0 fully saturated rings. The zero-order chi connectivity index (χ0) is 17.4. The van der Waals surface area contributed by atoms with Crippen LogP contribution >= 0.6 is 11.6 Å². The Bertz CT molecular complexity index is 762. The lowest BCUT2D eigenvalue weighted by atomic mass is 10.2. The van der Waals surface area contributed by atoms with E-state index in [1.807, 2.05) is 0 Å². The molecule has 0 unspecified atom stereocenters. The van der Waals surface area contributed by atoms with Crippen LogP contribution < -0.4 is 15.4 Å². The SMILES string of the molecule is N#Cc1c(F)cccc1NCCNC(=O)COc1ccccc1Cl. The van der Waals surface area contributed by atoms with Crippen LogP contribution in [0.4, 0.5) is 10.1 Å². The number of nitriles is 1. The minimum absolute atomic E-state index is 0.0501. The molecule has 2 N–H and O–H groups in total. The summed E-state index contributed by atoms with van der Waals surface area (Å²) in [6.45, 7) is 0.481. The van der Waals surface area contributed by atoms with E-state index in [2.05, 4.69) is 10.6 Å². The summed E-state index contributed by atoms with van der Waals surface area (Å²) >= 11 is 5.92. The minimum atomic E-state index is -0.584. The molecule has 5 nitrogen and oxygen atoms in total. The van der Waals surface area contributed by atoms with Crippen molar-refractivity contribution in [3.8, 4) is 11.8 Å². The van der Waals surface area contributed by atoms with Gasteiger partial charge in [0.2, 0.25) is 0 Å². The molecule has 2 aromatic carbocycles. The van der Waals surface area contributed by atoms with Crippen molar-refractivity contribution >= 4 is 23.2 Å². The number of nitrogens with zero attached hydrogens (tertiary/aromatic N) is 1. The predicted octanol–water partition coefficient (Wildman–Crippen LogP) is 2.96. The standard InChI is InChI=1S/C17H15ClFN3O2/c18-13-4-1-2-7-16(13)24-11-17(23)22-9-8-21-15-6-3-5-14(19)12(15)10-20/h1-7,21H,8-9,11H2,(H,22,23). The van der Waals surface area contributed by atoms with E-state index in [1.165, 1.54) is 12.1 Å². The smallest absolute Gasteiger partial charge is 0.258 e. The zero-order valence-corrected chi connectivity index (χ0v) is 13.4. The number of para-hydroxylation sites is 1. The van der Waals surface area contributed by atoms with Crippen LogP contribution in [-0.2, 0) is 4.79 Å². The highest BCUT2D eigenvalue weighted by molar-refractivity contribution is 6.32. The van der Waals surface area contributed by atoms with Crippen molar-refractivity contribution in [3.05, 3.63) is 58.9 Å². The molecular formula is C17H15ClFN3O2. The molecule has 0 spiro atoms. The van der Waals surface area contributed by atoms with Crippen LogP contribution in [0.1, 0.15) is 5.56 Å². The second-order valence-electron chi connectivity index (χ2n) is 4.77. The fourth-order valence-corrected chi connectivity index (χ4v) is 2.13. The van der Waals surface area contributed by atoms with Crippen LogP contribution in [0.25, 0.3) is 0 Å². The molecule has 0 radical (unpaired) electrons. The molecule has 0 saturated carbocycles. The Balaban J connectivity index is 1.73. The van der Waals surface area contributed by atoms with Gasteiger partial charge in [0.05, 0.1) is 10.7 Å². The Kier molecular flexibility index (Phi) is 6.41. The maximum atomic E-state index is 13.4. The Hall–Kier alpha value is -2.78. The van der Waals surface area contributed by atoms with Gasteiger partial charge in [0.15, 0.2) is 6.61 Å². The van der Waals surface area contributed by atoms with Crippen LogP contribution in [-0.4, -0.2) is 25.6 Å². The number of halogens is 2. The van der Waals surface area contributed by atoms with Gasteiger partial charge in [0.25, 0.3) is 5.91 Å². The summed E-state index contributed by atoms with van der Waals surface area (Å²) in [5, 5.41) is 14.9. The highest BCUT2D eigenvalue weighted by Gasteiger charge is 2.08. The lowest BCUT2D eigenvalue weighted by Gasteiger charge is -2.10. The highest BCUT2D eigenvalue weighted by Crippen LogP contribution is 2.22. The summed E-state index contributed by atoms with van der Waals surface area (Å²) in [5.74, 6) is -0.456. The van der Waals surface area contributed by atoms with Gasteiger partial charge in [-0.15, -0.1) is 0 Å². The van der Waals surface area contributed by atoms with E-state index in [9.17, 15) is 9.18 Å². The average Bonchev–Trinajstić information content (AvgIpc) is 2.58. The van der Waals surface area contributed by atoms with E-state index >= 15 is 0 Å². The number of hydrogen-bond acceptors (Lipinski definition) is 4. The summed E-state index contributed by atoms with van der Waals surface area (Å²) in [5.41, 5.74) is 0.338. The Morgan fingerprint density at radius 1 is 1.21 bits per heavy atom. The first kappa shape index (κ1) is 17.6. The van der Waals surface area contributed by atoms with Crippen molar-refractivity contribution in [1.82, 2.24) is 5.32 Å². The molecule has 0 saturated heterocycles. The molecule has 0 bridgehead atoms. The van der Waals surface area contributed by atoms with E-state index in [0.717, 1.165) is 0 Å². The summed E-state index contributed by atoms with van der Waals surface area (Å²) < 4.78 is 18.7. The van der Waals surface area contributed by atoms with Gasteiger partial charge < -0.3 is 15.4 Å². The lowest BCUT2D eigenvalue weighted by molar-refractivity contribution is -0.123. The number of anilines is 1. The van der Waals surface area contributed by atoms with Gasteiger partial charge in [-0.2, -0.15) is 5.26 Å². The first-order chi connectivity index (χ1) is 11.6. The second kappa shape index (κ2) is 8.75. The topological polar surface area (TPSA) is 74.2 Å². The van der Waals surface area contributed by atoms with Crippen molar-refractivity contribution in [1.29, 1.82) is 5.26 Å².